The Morgan fingerprint density at radius 1 is 1.05 bits per heavy atom. The molecular weight excluding hydrogens is 510 g/mol. The highest BCUT2D eigenvalue weighted by Crippen LogP contribution is 2.45. The van der Waals surface area contributed by atoms with Gasteiger partial charge in [-0.3, -0.25) is 19.6 Å². The topological polar surface area (TPSA) is 112 Å². The maximum absolute atomic E-state index is 13.9. The van der Waals surface area contributed by atoms with Gasteiger partial charge in [0.25, 0.3) is 0 Å². The van der Waals surface area contributed by atoms with Gasteiger partial charge in [0, 0.05) is 12.5 Å². The van der Waals surface area contributed by atoms with E-state index in [0.717, 1.165) is 53.2 Å². The van der Waals surface area contributed by atoms with Crippen LogP contribution in [0.15, 0.2) is 65.4 Å². The van der Waals surface area contributed by atoms with E-state index < -0.39 is 16.9 Å². The minimum atomic E-state index is -0.583. The molecule has 1 fully saturated rings. The monoisotopic (exact) mass is 543 g/mol. The highest BCUT2D eigenvalue weighted by atomic mass is 16.6. The Kier molecular flexibility index (Phi) is 7.95. The standard InChI is InChI=1S/C30H33N5O5/c1-4-33-19-26(35(37)38)28(31-33)30(36)34-29(21-12-16-24(17-13-21)40-6-3)25-9-7-8-22(27(25)32-34)18-20-10-14-23(15-11-20)39-5-2/h10-19,25,29H,4-9H2,1-3H3/b22-18+/t25-,29+/m0/s1. The summed E-state index contributed by atoms with van der Waals surface area (Å²) in [5.41, 5.74) is 3.27. The molecule has 40 heavy (non-hydrogen) atoms. The van der Waals surface area contributed by atoms with Crippen LogP contribution in [0.2, 0.25) is 0 Å². The van der Waals surface area contributed by atoms with Crippen molar-refractivity contribution < 1.29 is 19.2 Å². The number of nitro groups is 1. The highest BCUT2D eigenvalue weighted by Gasteiger charge is 2.45. The van der Waals surface area contributed by atoms with E-state index in [2.05, 4.69) is 11.2 Å². The second-order valence-corrected chi connectivity index (χ2v) is 9.73. The molecule has 1 aromatic heterocycles. The van der Waals surface area contributed by atoms with Crippen LogP contribution in [-0.2, 0) is 6.54 Å². The van der Waals surface area contributed by atoms with Gasteiger partial charge in [-0.15, -0.1) is 0 Å². The van der Waals surface area contributed by atoms with Gasteiger partial charge in [0.2, 0.25) is 5.69 Å². The molecule has 0 radical (unpaired) electrons. The Morgan fingerprint density at radius 3 is 2.30 bits per heavy atom. The molecule has 2 aliphatic rings. The number of nitrogens with zero attached hydrogens (tertiary/aromatic N) is 5. The Bertz CT molecular complexity index is 1440. The quantitative estimate of drug-likeness (QED) is 0.240. The van der Waals surface area contributed by atoms with Crippen LogP contribution < -0.4 is 9.47 Å². The second kappa shape index (κ2) is 11.7. The molecule has 208 valence electrons. The van der Waals surface area contributed by atoms with Crippen LogP contribution in [0.25, 0.3) is 6.08 Å². The van der Waals surface area contributed by atoms with Gasteiger partial charge in [0.1, 0.15) is 17.7 Å². The van der Waals surface area contributed by atoms with Crippen molar-refractivity contribution >= 4 is 23.4 Å². The second-order valence-electron chi connectivity index (χ2n) is 9.73. The zero-order chi connectivity index (χ0) is 28.2. The minimum Gasteiger partial charge on any atom is -0.494 e. The van der Waals surface area contributed by atoms with Crippen molar-refractivity contribution in [1.29, 1.82) is 0 Å². The summed E-state index contributed by atoms with van der Waals surface area (Å²) in [7, 11) is 0. The lowest BCUT2D eigenvalue weighted by Crippen LogP contribution is -2.32. The summed E-state index contributed by atoms with van der Waals surface area (Å²) in [6.07, 6.45) is 6.01. The van der Waals surface area contributed by atoms with Gasteiger partial charge in [-0.25, -0.2) is 5.01 Å². The molecule has 5 rings (SSSR count). The van der Waals surface area contributed by atoms with Crippen molar-refractivity contribution in [1.82, 2.24) is 14.8 Å². The molecule has 10 nitrogen and oxygen atoms in total. The summed E-state index contributed by atoms with van der Waals surface area (Å²) >= 11 is 0. The number of allylic oxidation sites excluding steroid dienone is 1. The van der Waals surface area contributed by atoms with E-state index in [9.17, 15) is 14.9 Å². The first-order valence-electron chi connectivity index (χ1n) is 13.7. The Balaban J connectivity index is 1.56. The van der Waals surface area contributed by atoms with Crippen LogP contribution in [0.4, 0.5) is 5.69 Å². The fraction of sp³-hybridized carbons (Fsp3) is 0.367. The summed E-state index contributed by atoms with van der Waals surface area (Å²) in [4.78, 5) is 25.2. The average molecular weight is 544 g/mol. The third-order valence-electron chi connectivity index (χ3n) is 7.24. The van der Waals surface area contributed by atoms with E-state index >= 15 is 0 Å². The molecule has 3 aromatic rings. The number of aromatic nitrogens is 2. The van der Waals surface area contributed by atoms with Crippen LogP contribution >= 0.6 is 0 Å². The van der Waals surface area contributed by atoms with Gasteiger partial charge < -0.3 is 9.47 Å². The lowest BCUT2D eigenvalue weighted by molar-refractivity contribution is -0.385. The molecule has 10 heteroatoms. The number of fused-ring (bicyclic) bond motifs is 1. The fourth-order valence-electron chi connectivity index (χ4n) is 5.42. The van der Waals surface area contributed by atoms with E-state index in [1.165, 1.54) is 15.9 Å². The van der Waals surface area contributed by atoms with Gasteiger partial charge in [-0.2, -0.15) is 10.2 Å². The molecule has 0 N–H and O–H groups in total. The summed E-state index contributed by atoms with van der Waals surface area (Å²) in [5, 5.41) is 22.3. The average Bonchev–Trinajstić information content (AvgIpc) is 3.58. The van der Waals surface area contributed by atoms with Gasteiger partial charge in [-0.1, -0.05) is 24.3 Å². The largest absolute Gasteiger partial charge is 0.494 e. The smallest absolute Gasteiger partial charge is 0.320 e. The summed E-state index contributed by atoms with van der Waals surface area (Å²) < 4.78 is 12.6. The molecule has 2 heterocycles. The number of carbonyl (C=O) groups excluding carboxylic acids is 1. The van der Waals surface area contributed by atoms with E-state index in [1.807, 2.05) is 69.3 Å². The number of hydrogen-bond donors (Lipinski definition) is 0. The van der Waals surface area contributed by atoms with Gasteiger partial charge in [0.15, 0.2) is 0 Å². The summed E-state index contributed by atoms with van der Waals surface area (Å²) in [6.45, 7) is 7.25. The first-order valence-corrected chi connectivity index (χ1v) is 13.7. The Hall–Kier alpha value is -4.47. The van der Waals surface area contributed by atoms with Gasteiger partial charge in [0.05, 0.1) is 29.9 Å². The number of hydrazone groups is 1. The van der Waals surface area contributed by atoms with E-state index in [1.54, 1.807) is 0 Å². The van der Waals surface area contributed by atoms with Gasteiger partial charge >= 0.3 is 11.6 Å². The molecule has 2 atom stereocenters. The first kappa shape index (κ1) is 27.1. The van der Waals surface area contributed by atoms with Crippen LogP contribution in [0.1, 0.15) is 67.7 Å². The van der Waals surface area contributed by atoms with Crippen molar-refractivity contribution in [2.24, 2.45) is 11.0 Å². The third-order valence-corrected chi connectivity index (χ3v) is 7.24. The van der Waals surface area contributed by atoms with Crippen LogP contribution in [0.3, 0.4) is 0 Å². The normalized spacial score (nSPS) is 19.3. The number of rotatable bonds is 9. The predicted octanol–water partition coefficient (Wildman–Crippen LogP) is 6.05. The van der Waals surface area contributed by atoms with E-state index in [4.69, 9.17) is 14.6 Å². The zero-order valence-electron chi connectivity index (χ0n) is 22.9. The Labute approximate surface area is 233 Å². The molecule has 2 aromatic carbocycles. The maximum atomic E-state index is 13.9. The number of aryl methyl sites for hydroxylation is 1. The molecule has 0 spiro atoms. The Morgan fingerprint density at radius 2 is 1.70 bits per heavy atom. The van der Waals surface area contributed by atoms with E-state index in [0.29, 0.717) is 19.8 Å². The number of amides is 1. The first-order chi connectivity index (χ1) is 19.4. The molecule has 1 aliphatic heterocycles. The zero-order valence-corrected chi connectivity index (χ0v) is 22.9. The minimum absolute atomic E-state index is 0.0584. The molecule has 1 amide bonds. The summed E-state index contributed by atoms with van der Waals surface area (Å²) in [6, 6.07) is 15.1. The molecule has 0 unspecified atom stereocenters. The van der Waals surface area contributed by atoms with Crippen molar-refractivity contribution in [3.05, 3.63) is 87.2 Å². The van der Waals surface area contributed by atoms with Crippen LogP contribution in [0, 0.1) is 16.0 Å². The molecular formula is C30H33N5O5. The van der Waals surface area contributed by atoms with Crippen LogP contribution in [-0.4, -0.2) is 44.5 Å². The van der Waals surface area contributed by atoms with Crippen LogP contribution in [0.5, 0.6) is 11.5 Å². The van der Waals surface area contributed by atoms with Crippen molar-refractivity contribution in [2.75, 3.05) is 13.2 Å². The number of benzene rings is 2. The molecule has 0 bridgehead atoms. The fourth-order valence-corrected chi connectivity index (χ4v) is 5.42. The predicted molar refractivity (Wildman–Crippen MR) is 151 cm³/mol. The van der Waals surface area contributed by atoms with Crippen molar-refractivity contribution in [2.45, 2.75) is 52.6 Å². The van der Waals surface area contributed by atoms with Crippen molar-refractivity contribution in [3.8, 4) is 11.5 Å². The highest BCUT2D eigenvalue weighted by molar-refractivity contribution is 6.09. The lowest BCUT2D eigenvalue weighted by Gasteiger charge is -2.29. The SMILES string of the molecule is CCOc1ccc(/C=C2\CCC[C@H]3C2=NN(C(=O)c2nn(CC)cc2[N+](=O)[O-])[C@@H]3c2ccc(OCC)cc2)cc1. The summed E-state index contributed by atoms with van der Waals surface area (Å²) in [5.74, 6) is 0.905. The number of carbonyl (C=O) groups is 1. The lowest BCUT2D eigenvalue weighted by atomic mass is 9.77. The third kappa shape index (κ3) is 5.34. The molecule has 1 aliphatic carbocycles. The maximum Gasteiger partial charge on any atom is 0.320 e. The molecule has 0 saturated heterocycles. The van der Waals surface area contributed by atoms with Gasteiger partial charge in [-0.05, 0) is 87.1 Å². The number of hydrogen-bond acceptors (Lipinski definition) is 7. The molecule has 1 saturated carbocycles. The number of ether oxygens (including phenoxy) is 2. The van der Waals surface area contributed by atoms with Crippen molar-refractivity contribution in [3.63, 3.8) is 0 Å². The van der Waals surface area contributed by atoms with E-state index in [-0.39, 0.29) is 17.3 Å².